The zero-order valence-electron chi connectivity index (χ0n) is 42.8. The van der Waals surface area contributed by atoms with Crippen molar-refractivity contribution in [1.29, 1.82) is 0 Å². The molecule has 6 aliphatic rings. The fourth-order valence-electron chi connectivity index (χ4n) is 12.3. The van der Waals surface area contributed by atoms with Crippen LogP contribution in [0.1, 0.15) is 98.5 Å². The summed E-state index contributed by atoms with van der Waals surface area (Å²) >= 11 is 0. The van der Waals surface area contributed by atoms with Crippen LogP contribution in [0.25, 0.3) is 0 Å². The summed E-state index contributed by atoms with van der Waals surface area (Å²) in [5.41, 5.74) is -10.8. The average Bonchev–Trinajstić information content (AvgIpc) is 3.80. The number of aliphatic hydroxyl groups excluding tert-OH is 1. The number of amides is 3. The van der Waals surface area contributed by atoms with Crippen LogP contribution in [0.15, 0.2) is 115 Å². The third-order valence-electron chi connectivity index (χ3n) is 16.4. The topological polar surface area (TPSA) is 276 Å². The maximum Gasteiger partial charge on any atom is 0.338 e. The van der Waals surface area contributed by atoms with Crippen molar-refractivity contribution in [2.45, 2.75) is 125 Å². The Morgan fingerprint density at radius 1 is 0.792 bits per heavy atom. The van der Waals surface area contributed by atoms with Gasteiger partial charge in [0, 0.05) is 61.5 Å². The van der Waals surface area contributed by atoms with E-state index in [9.17, 15) is 53.7 Å². The van der Waals surface area contributed by atoms with E-state index in [2.05, 4.69) is 5.32 Å². The van der Waals surface area contributed by atoms with Crippen molar-refractivity contribution < 1.29 is 82.2 Å². The highest BCUT2D eigenvalue weighted by Crippen LogP contribution is 2.63. The van der Waals surface area contributed by atoms with Gasteiger partial charge in [0.25, 0.3) is 17.7 Å². The molecule has 3 aromatic carbocycles. The lowest BCUT2D eigenvalue weighted by molar-refractivity contribution is -0.340. The second-order valence-corrected chi connectivity index (χ2v) is 22.8. The molecule has 12 atom stereocenters. The van der Waals surface area contributed by atoms with Crippen LogP contribution in [0.5, 0.6) is 0 Å². The van der Waals surface area contributed by atoms with E-state index in [-0.39, 0.29) is 41.1 Å². The number of ketones is 1. The Kier molecular flexibility index (Phi) is 15.4. The van der Waals surface area contributed by atoms with Gasteiger partial charge >= 0.3 is 23.9 Å². The van der Waals surface area contributed by atoms with Gasteiger partial charge in [0.15, 0.2) is 23.3 Å². The molecule has 0 aromatic heterocycles. The second-order valence-electron chi connectivity index (χ2n) is 21.4. The minimum absolute atomic E-state index is 0.0245. The van der Waals surface area contributed by atoms with Gasteiger partial charge in [0.05, 0.1) is 24.1 Å². The van der Waals surface area contributed by atoms with Crippen molar-refractivity contribution in [3.63, 3.8) is 0 Å². The maximum absolute atomic E-state index is 16.1. The first kappa shape index (κ1) is 55.0. The van der Waals surface area contributed by atoms with Gasteiger partial charge in [-0.3, -0.25) is 38.5 Å². The molecule has 2 aliphatic heterocycles. The Hall–Kier alpha value is -6.76. The van der Waals surface area contributed by atoms with Crippen molar-refractivity contribution in [2.24, 2.45) is 23.2 Å². The summed E-state index contributed by atoms with van der Waals surface area (Å²) in [7, 11) is -0.853. The Balaban J connectivity index is 1.13. The van der Waals surface area contributed by atoms with Gasteiger partial charge in [-0.25, -0.2) is 9.59 Å². The number of benzene rings is 3. The van der Waals surface area contributed by atoms with Crippen LogP contribution in [0, 0.1) is 23.2 Å². The molecule has 1 saturated heterocycles. The first-order valence-electron chi connectivity index (χ1n) is 25.7. The van der Waals surface area contributed by atoms with Crippen molar-refractivity contribution in [1.82, 2.24) is 10.2 Å². The number of nitrogens with zero attached hydrogens (tertiary/aromatic N) is 1. The van der Waals surface area contributed by atoms with Crippen LogP contribution >= 0.6 is 8.58 Å². The molecule has 0 spiro atoms. The molecule has 3 amide bonds. The lowest BCUT2D eigenvalue weighted by Crippen LogP contribution is -2.84. The van der Waals surface area contributed by atoms with E-state index in [4.69, 9.17) is 23.7 Å². The number of fused-ring (bicyclic) bond motifs is 5. The molecular formula is C57H61N2O17P. The SMILES string of the molecule is CC(=O)O[C@H]1C(=O)[C@]2(O)[C@@H](PC(=O)C3CCC(CN4C(=O)C=CC4=O)CC3)C[C@H]3OC[C@@]3(OC(C)=O)[C@H]2[C@H](OC(=O)c2ccccc2)[C@]2(O)C[C@H](OC(=O)[C@@H](O)[C@@H](NC(=O)c3ccccc3)c3ccccc3)C=C1C2(C)C. The molecule has 2 bridgehead atoms. The number of rotatable bonds is 15. The van der Waals surface area contributed by atoms with E-state index in [1.54, 1.807) is 78.9 Å². The van der Waals surface area contributed by atoms with E-state index < -0.39 is 145 Å². The highest BCUT2D eigenvalue weighted by atomic mass is 31.1. The van der Waals surface area contributed by atoms with Crippen LogP contribution < -0.4 is 5.32 Å². The fourth-order valence-corrected chi connectivity index (χ4v) is 14.1. The number of Topliss-reactive ketones (excluding diaryl/α,β-unsaturated/α-hetero) is 1. The number of aliphatic hydroxyl groups is 3. The molecule has 4 N–H and O–H groups in total. The molecule has 406 valence electrons. The van der Waals surface area contributed by atoms with E-state index >= 15 is 4.79 Å². The van der Waals surface area contributed by atoms with Crippen molar-refractivity contribution in [3.8, 4) is 0 Å². The number of carbonyl (C=O) groups excluding carboxylic acids is 9. The minimum atomic E-state index is -2.92. The van der Waals surface area contributed by atoms with Gasteiger partial charge in [0.2, 0.25) is 5.78 Å². The first-order chi connectivity index (χ1) is 36.6. The third kappa shape index (κ3) is 10.2. The lowest BCUT2D eigenvalue weighted by atomic mass is 9.48. The van der Waals surface area contributed by atoms with Crippen molar-refractivity contribution >= 4 is 61.5 Å². The molecule has 4 aliphatic carbocycles. The third-order valence-corrected chi connectivity index (χ3v) is 18.2. The highest BCUT2D eigenvalue weighted by Gasteiger charge is 2.79. The monoisotopic (exact) mass is 1080 g/mol. The van der Waals surface area contributed by atoms with Gasteiger partial charge < -0.3 is 44.3 Å². The molecule has 4 fully saturated rings. The number of nitrogens with one attached hydrogen (secondary N) is 1. The van der Waals surface area contributed by atoms with Gasteiger partial charge in [-0.15, -0.1) is 0 Å². The van der Waals surface area contributed by atoms with E-state index in [1.807, 2.05) is 0 Å². The number of hydrogen-bond acceptors (Lipinski definition) is 17. The van der Waals surface area contributed by atoms with Crippen LogP contribution in [0.2, 0.25) is 0 Å². The standard InChI is InChI=1S/C57H61N2O17P/c1-31(60)73-46-39-26-38(74-52(68)45(64)44(34-14-8-5-9-15-34)58-50(66)35-16-10-6-11-17-35)28-56(70,54(39,3)4)49(75-51(67)36-18-12-7-13-19-36)47-55(76-32(2)61)30-72-40(55)27-41(57(47,71)48(46)65)77-53(69)37-22-20-33(21-23-37)29-59-42(62)24-25-43(59)63/h5-19,24-26,33,37-38,40-41,44-47,49,64,70-71,77H,20-23,27-30H2,1-4H3,(H,58,66)/t33?,37?,38-,40-,41+,44+,45+,46-,47-,49+,55+,56-,57+/m1/s1. The summed E-state index contributed by atoms with van der Waals surface area (Å²) in [6.45, 7) is 4.77. The number of esters is 4. The predicted molar refractivity (Wildman–Crippen MR) is 272 cm³/mol. The molecule has 0 radical (unpaired) electrons. The first-order valence-corrected chi connectivity index (χ1v) is 26.8. The van der Waals surface area contributed by atoms with Crippen LogP contribution in [-0.2, 0) is 57.2 Å². The number of imide groups is 1. The van der Waals surface area contributed by atoms with Crippen molar-refractivity contribution in [2.75, 3.05) is 13.2 Å². The Morgan fingerprint density at radius 3 is 1.96 bits per heavy atom. The van der Waals surface area contributed by atoms with E-state index in [0.717, 1.165) is 18.7 Å². The summed E-state index contributed by atoms with van der Waals surface area (Å²) in [6.07, 6.45) is -4.66. The minimum Gasteiger partial charge on any atom is -0.456 e. The molecular weight excluding hydrogens is 1020 g/mol. The van der Waals surface area contributed by atoms with Crippen LogP contribution in [-0.4, -0.2) is 139 Å². The molecule has 20 heteroatoms. The largest absolute Gasteiger partial charge is 0.456 e. The molecule has 19 nitrogen and oxygen atoms in total. The lowest BCUT2D eigenvalue weighted by Gasteiger charge is -2.67. The summed E-state index contributed by atoms with van der Waals surface area (Å²) in [4.78, 5) is 126. The summed E-state index contributed by atoms with van der Waals surface area (Å²) in [6, 6.07) is 22.4. The Labute approximate surface area is 445 Å². The van der Waals surface area contributed by atoms with Gasteiger partial charge in [-0.1, -0.05) is 80.6 Å². The van der Waals surface area contributed by atoms with Crippen molar-refractivity contribution in [3.05, 3.63) is 131 Å². The fraction of sp³-hybridized carbons (Fsp3) is 0.456. The van der Waals surface area contributed by atoms with Crippen LogP contribution in [0.4, 0.5) is 0 Å². The second kappa shape index (κ2) is 21.6. The maximum atomic E-state index is 16.1. The predicted octanol–water partition coefficient (Wildman–Crippen LogP) is 4.01. The Morgan fingerprint density at radius 2 is 1.39 bits per heavy atom. The molecule has 9 rings (SSSR count). The number of ether oxygens (including phenoxy) is 5. The summed E-state index contributed by atoms with van der Waals surface area (Å²) < 4.78 is 30.7. The molecule has 3 aromatic rings. The van der Waals surface area contributed by atoms with Gasteiger partial charge in [0.1, 0.15) is 29.5 Å². The molecule has 1 unspecified atom stereocenters. The molecule has 3 saturated carbocycles. The zero-order valence-corrected chi connectivity index (χ0v) is 43.8. The normalized spacial score (nSPS) is 32.0. The molecule has 2 heterocycles. The molecule has 77 heavy (non-hydrogen) atoms. The average molecular weight is 1080 g/mol. The highest BCUT2D eigenvalue weighted by molar-refractivity contribution is 7.58. The van der Waals surface area contributed by atoms with E-state index in [0.29, 0.717) is 31.2 Å². The quantitative estimate of drug-likeness (QED) is 0.0550. The smallest absolute Gasteiger partial charge is 0.338 e. The van der Waals surface area contributed by atoms with Gasteiger partial charge in [-0.05, 0) is 88.1 Å². The van der Waals surface area contributed by atoms with E-state index in [1.165, 1.54) is 44.2 Å². The number of carbonyl (C=O) groups is 9. The summed E-state index contributed by atoms with van der Waals surface area (Å²) in [5, 5.41) is 42.5. The van der Waals surface area contributed by atoms with Crippen LogP contribution in [0.3, 0.4) is 0 Å². The Bertz CT molecular complexity index is 2890. The number of hydrogen-bond donors (Lipinski definition) is 4. The zero-order chi connectivity index (χ0) is 55.2. The summed E-state index contributed by atoms with van der Waals surface area (Å²) in [5.74, 6) is -9.58. The van der Waals surface area contributed by atoms with Gasteiger partial charge in [-0.2, -0.15) is 0 Å².